The van der Waals surface area contributed by atoms with Crippen molar-refractivity contribution in [1.29, 1.82) is 0 Å². The van der Waals surface area contributed by atoms with Gasteiger partial charge in [0.2, 0.25) is 0 Å². The maximum absolute atomic E-state index is 12.9. The first-order valence-electron chi connectivity index (χ1n) is 8.61. The Morgan fingerprint density at radius 3 is 2.60 bits per heavy atom. The van der Waals surface area contributed by atoms with Gasteiger partial charge in [-0.05, 0) is 31.2 Å². The molecule has 0 aliphatic heterocycles. The smallest absolute Gasteiger partial charge is 0.265 e. The van der Waals surface area contributed by atoms with Crippen LogP contribution in [0.25, 0.3) is 10.8 Å². The number of rotatable bonds is 4. The maximum Gasteiger partial charge on any atom is 0.265 e. The molecular formula is C19H21N3O2S. The van der Waals surface area contributed by atoms with Gasteiger partial charge in [-0.2, -0.15) is 5.10 Å². The molecule has 0 saturated heterocycles. The van der Waals surface area contributed by atoms with Gasteiger partial charge in [-0.25, -0.2) is 8.42 Å². The van der Waals surface area contributed by atoms with Crippen molar-refractivity contribution in [3.63, 3.8) is 0 Å². The second-order valence-electron chi connectivity index (χ2n) is 6.63. The van der Waals surface area contributed by atoms with E-state index in [0.717, 1.165) is 23.6 Å². The zero-order valence-electron chi connectivity index (χ0n) is 14.1. The lowest BCUT2D eigenvalue weighted by atomic mass is 10.1. The molecule has 25 heavy (non-hydrogen) atoms. The lowest BCUT2D eigenvalue weighted by Gasteiger charge is -2.10. The van der Waals surface area contributed by atoms with E-state index in [1.165, 1.54) is 12.8 Å². The van der Waals surface area contributed by atoms with Crippen LogP contribution in [0.1, 0.15) is 37.4 Å². The molecule has 3 aromatic rings. The summed E-state index contributed by atoms with van der Waals surface area (Å²) in [6.07, 6.45) is 6.17. The van der Waals surface area contributed by atoms with Gasteiger partial charge in [0, 0.05) is 11.6 Å². The number of sulfonamides is 1. The Morgan fingerprint density at radius 1 is 1.08 bits per heavy atom. The third kappa shape index (κ3) is 3.02. The van der Waals surface area contributed by atoms with E-state index in [2.05, 4.69) is 9.82 Å². The first-order valence-corrected chi connectivity index (χ1v) is 10.1. The Morgan fingerprint density at radius 2 is 1.80 bits per heavy atom. The zero-order chi connectivity index (χ0) is 17.4. The highest BCUT2D eigenvalue weighted by Gasteiger charge is 2.25. The van der Waals surface area contributed by atoms with Crippen molar-refractivity contribution >= 4 is 26.5 Å². The number of nitrogens with zero attached hydrogens (tertiary/aromatic N) is 2. The fourth-order valence-corrected chi connectivity index (χ4v) is 4.85. The molecule has 130 valence electrons. The Hall–Kier alpha value is -2.34. The highest BCUT2D eigenvalue weighted by Crippen LogP contribution is 2.31. The summed E-state index contributed by atoms with van der Waals surface area (Å²) in [6, 6.07) is 13.7. The Bertz CT molecular complexity index is 1010. The fourth-order valence-electron chi connectivity index (χ4n) is 3.60. The number of benzene rings is 2. The van der Waals surface area contributed by atoms with Crippen molar-refractivity contribution in [2.24, 2.45) is 0 Å². The summed E-state index contributed by atoms with van der Waals surface area (Å²) in [5.41, 5.74) is 1.13. The summed E-state index contributed by atoms with van der Waals surface area (Å²) in [4.78, 5) is 0.257. The number of nitrogens with one attached hydrogen (secondary N) is 1. The summed E-state index contributed by atoms with van der Waals surface area (Å²) in [5.74, 6) is 0. The number of hydrogen-bond acceptors (Lipinski definition) is 3. The molecule has 0 radical (unpaired) electrons. The summed E-state index contributed by atoms with van der Waals surface area (Å²) in [7, 11) is -3.68. The van der Waals surface area contributed by atoms with Crippen LogP contribution in [0.5, 0.6) is 0 Å². The number of hydrogen-bond donors (Lipinski definition) is 1. The minimum Gasteiger partial charge on any atom is -0.279 e. The molecule has 5 nitrogen and oxygen atoms in total. The molecule has 1 fully saturated rings. The fraction of sp³-hybridized carbons (Fsp3) is 0.316. The van der Waals surface area contributed by atoms with Crippen molar-refractivity contribution in [1.82, 2.24) is 9.78 Å². The molecule has 0 spiro atoms. The lowest BCUT2D eigenvalue weighted by molar-refractivity contribution is 0.464. The van der Waals surface area contributed by atoms with E-state index < -0.39 is 10.0 Å². The topological polar surface area (TPSA) is 64.0 Å². The van der Waals surface area contributed by atoms with E-state index in [-0.39, 0.29) is 4.90 Å². The molecule has 0 bridgehead atoms. The van der Waals surface area contributed by atoms with E-state index in [4.69, 9.17) is 0 Å². The zero-order valence-corrected chi connectivity index (χ0v) is 15.0. The van der Waals surface area contributed by atoms with E-state index in [9.17, 15) is 8.42 Å². The monoisotopic (exact) mass is 355 g/mol. The van der Waals surface area contributed by atoms with Crippen LogP contribution in [0.4, 0.5) is 5.69 Å². The maximum atomic E-state index is 12.9. The quantitative estimate of drug-likeness (QED) is 0.760. The summed E-state index contributed by atoms with van der Waals surface area (Å²) < 4.78 is 30.4. The van der Waals surface area contributed by atoms with Crippen molar-refractivity contribution in [3.05, 3.63) is 54.4 Å². The van der Waals surface area contributed by atoms with Crippen LogP contribution in [0.15, 0.2) is 53.6 Å². The van der Waals surface area contributed by atoms with Crippen LogP contribution < -0.4 is 4.72 Å². The van der Waals surface area contributed by atoms with Crippen molar-refractivity contribution < 1.29 is 8.42 Å². The number of fused-ring (bicyclic) bond motifs is 1. The Labute approximate surface area is 147 Å². The normalized spacial score (nSPS) is 15.7. The lowest BCUT2D eigenvalue weighted by Crippen LogP contribution is -2.13. The van der Waals surface area contributed by atoms with Gasteiger partial charge in [0.1, 0.15) is 4.90 Å². The molecule has 0 amide bonds. The second-order valence-corrected chi connectivity index (χ2v) is 8.28. The average Bonchev–Trinajstić information content (AvgIpc) is 3.24. The van der Waals surface area contributed by atoms with E-state index in [1.807, 2.05) is 41.1 Å². The molecule has 6 heteroatoms. The second kappa shape index (κ2) is 6.19. The summed E-state index contributed by atoms with van der Waals surface area (Å²) >= 11 is 0. The summed E-state index contributed by atoms with van der Waals surface area (Å²) in [6.45, 7) is 1.75. The highest BCUT2D eigenvalue weighted by molar-refractivity contribution is 7.92. The molecule has 1 saturated carbocycles. The standard InChI is InChI=1S/C19H21N3O2S/c1-14-19(13-22(20-14)16-9-3-4-10-16)25(23,24)21-18-12-6-8-15-7-2-5-11-17(15)18/h2,5-8,11-13,16,21H,3-4,9-10H2,1H3. The average molecular weight is 355 g/mol. The van der Waals surface area contributed by atoms with Crippen LogP contribution >= 0.6 is 0 Å². The van der Waals surface area contributed by atoms with Crippen molar-refractivity contribution in [2.45, 2.75) is 43.5 Å². The van der Waals surface area contributed by atoms with Gasteiger partial charge in [-0.15, -0.1) is 0 Å². The third-order valence-electron chi connectivity index (χ3n) is 4.89. The predicted octanol–water partition coefficient (Wildman–Crippen LogP) is 4.26. The van der Waals surface area contributed by atoms with Crippen molar-refractivity contribution in [3.8, 4) is 0 Å². The van der Waals surface area contributed by atoms with Crippen LogP contribution in [0.2, 0.25) is 0 Å². The van der Waals surface area contributed by atoms with Gasteiger partial charge in [-0.1, -0.05) is 49.2 Å². The third-order valence-corrected chi connectivity index (χ3v) is 6.36. The molecule has 1 aliphatic carbocycles. The molecule has 0 atom stereocenters. The van der Waals surface area contributed by atoms with Gasteiger partial charge >= 0.3 is 0 Å². The van der Waals surface area contributed by atoms with E-state index in [1.54, 1.807) is 19.2 Å². The highest BCUT2D eigenvalue weighted by atomic mass is 32.2. The van der Waals surface area contributed by atoms with Crippen LogP contribution in [-0.2, 0) is 10.0 Å². The molecular weight excluding hydrogens is 334 g/mol. The van der Waals surface area contributed by atoms with Gasteiger partial charge in [0.15, 0.2) is 0 Å². The number of anilines is 1. The predicted molar refractivity (Wildman–Crippen MR) is 99.2 cm³/mol. The van der Waals surface area contributed by atoms with Crippen LogP contribution in [-0.4, -0.2) is 18.2 Å². The Balaban J connectivity index is 1.70. The molecule has 1 N–H and O–H groups in total. The van der Waals surface area contributed by atoms with Crippen LogP contribution in [0, 0.1) is 6.92 Å². The molecule has 1 heterocycles. The van der Waals surface area contributed by atoms with Gasteiger partial charge in [0.25, 0.3) is 10.0 Å². The minimum absolute atomic E-state index is 0.257. The van der Waals surface area contributed by atoms with Gasteiger partial charge < -0.3 is 0 Å². The SMILES string of the molecule is Cc1nn(C2CCCC2)cc1S(=O)(=O)Nc1cccc2ccccc12. The van der Waals surface area contributed by atoms with Gasteiger partial charge in [-0.3, -0.25) is 9.40 Å². The number of aromatic nitrogens is 2. The first-order chi connectivity index (χ1) is 12.0. The molecule has 0 unspecified atom stereocenters. The van der Waals surface area contributed by atoms with Crippen LogP contribution in [0.3, 0.4) is 0 Å². The van der Waals surface area contributed by atoms with E-state index >= 15 is 0 Å². The molecule has 2 aromatic carbocycles. The number of aryl methyl sites for hydroxylation is 1. The molecule has 4 rings (SSSR count). The Kier molecular flexibility index (Phi) is 4.00. The molecule has 1 aliphatic rings. The van der Waals surface area contributed by atoms with Gasteiger partial charge in [0.05, 0.1) is 17.4 Å². The molecule has 1 aromatic heterocycles. The minimum atomic E-state index is -3.68. The first kappa shape index (κ1) is 16.1. The van der Waals surface area contributed by atoms with E-state index in [0.29, 0.717) is 17.4 Å². The summed E-state index contributed by atoms with van der Waals surface area (Å²) in [5, 5.41) is 6.35. The largest absolute Gasteiger partial charge is 0.279 e. The van der Waals surface area contributed by atoms with Crippen molar-refractivity contribution in [2.75, 3.05) is 4.72 Å².